The third-order valence-electron chi connectivity index (χ3n) is 4.60. The lowest BCUT2D eigenvalue weighted by atomic mass is 10.2. The summed E-state index contributed by atoms with van der Waals surface area (Å²) in [5.74, 6) is 1.58. The molecule has 1 aromatic carbocycles. The number of carbonyl (C=O) groups excluding carboxylic acids is 1. The van der Waals surface area contributed by atoms with E-state index in [9.17, 15) is 4.79 Å². The van der Waals surface area contributed by atoms with E-state index in [4.69, 9.17) is 9.47 Å². The topological polar surface area (TPSA) is 55.7 Å². The fourth-order valence-electron chi connectivity index (χ4n) is 3.27. The summed E-state index contributed by atoms with van der Waals surface area (Å²) < 4.78 is 12.5. The molecule has 1 aliphatic rings. The van der Waals surface area contributed by atoms with Crippen LogP contribution in [-0.2, 0) is 13.6 Å². The average molecular weight is 343 g/mol. The Kier molecular flexibility index (Phi) is 5.28. The standard InChI is InChI=1S/C19H25N3O3/c1-21-7-4-5-18(21)19(23)20-15-6-8-22(13-15)12-14-9-16(24-2)11-17(10-14)25-3/h4-5,7,9-11,15H,6,8,12-13H2,1-3H3,(H,20,23)/t15-/m1/s1. The second-order valence-corrected chi connectivity index (χ2v) is 6.42. The Morgan fingerprint density at radius 3 is 2.56 bits per heavy atom. The highest BCUT2D eigenvalue weighted by atomic mass is 16.5. The van der Waals surface area contributed by atoms with E-state index in [0.717, 1.165) is 43.1 Å². The van der Waals surface area contributed by atoms with Crippen molar-refractivity contribution in [2.45, 2.75) is 19.0 Å². The van der Waals surface area contributed by atoms with Crippen LogP contribution in [0, 0.1) is 0 Å². The lowest BCUT2D eigenvalue weighted by Crippen LogP contribution is -2.37. The van der Waals surface area contributed by atoms with E-state index in [2.05, 4.69) is 10.2 Å². The molecule has 0 spiro atoms. The molecule has 0 aliphatic carbocycles. The van der Waals surface area contributed by atoms with Crippen molar-refractivity contribution in [3.05, 3.63) is 47.8 Å². The summed E-state index contributed by atoms with van der Waals surface area (Å²) in [6, 6.07) is 9.82. The Morgan fingerprint density at radius 2 is 1.96 bits per heavy atom. The van der Waals surface area contributed by atoms with E-state index in [1.54, 1.807) is 14.2 Å². The smallest absolute Gasteiger partial charge is 0.268 e. The molecule has 0 saturated carbocycles. The van der Waals surface area contributed by atoms with Crippen LogP contribution in [0.25, 0.3) is 0 Å². The van der Waals surface area contributed by atoms with Crippen LogP contribution in [0.2, 0.25) is 0 Å². The molecule has 1 N–H and O–H groups in total. The van der Waals surface area contributed by atoms with Gasteiger partial charge in [-0.1, -0.05) is 0 Å². The predicted molar refractivity (Wildman–Crippen MR) is 96.1 cm³/mol. The lowest BCUT2D eigenvalue weighted by Gasteiger charge is -2.18. The number of methoxy groups -OCH3 is 2. The van der Waals surface area contributed by atoms with Crippen LogP contribution in [0.3, 0.4) is 0 Å². The quantitative estimate of drug-likeness (QED) is 0.872. The number of aromatic nitrogens is 1. The number of nitrogens with one attached hydrogen (secondary N) is 1. The van der Waals surface area contributed by atoms with Gasteiger partial charge in [0.2, 0.25) is 0 Å². The molecule has 0 unspecified atom stereocenters. The molecule has 25 heavy (non-hydrogen) atoms. The Hall–Kier alpha value is -2.47. The average Bonchev–Trinajstić information content (AvgIpc) is 3.23. The summed E-state index contributed by atoms with van der Waals surface area (Å²) in [5, 5.41) is 3.13. The Morgan fingerprint density at radius 1 is 1.24 bits per heavy atom. The number of aryl methyl sites for hydroxylation is 1. The van der Waals surface area contributed by atoms with Crippen LogP contribution in [0.15, 0.2) is 36.5 Å². The monoisotopic (exact) mass is 343 g/mol. The van der Waals surface area contributed by atoms with E-state index in [0.29, 0.717) is 5.69 Å². The van der Waals surface area contributed by atoms with Crippen LogP contribution in [0.4, 0.5) is 0 Å². The first-order valence-electron chi connectivity index (χ1n) is 8.45. The molecule has 2 aromatic rings. The van der Waals surface area contributed by atoms with Gasteiger partial charge in [-0.05, 0) is 36.2 Å². The zero-order chi connectivity index (χ0) is 17.8. The second kappa shape index (κ2) is 7.61. The minimum absolute atomic E-state index is 0.0117. The highest BCUT2D eigenvalue weighted by molar-refractivity contribution is 5.92. The molecule has 2 heterocycles. The zero-order valence-electron chi connectivity index (χ0n) is 15.0. The molecule has 0 bridgehead atoms. The first kappa shape index (κ1) is 17.4. The van der Waals surface area contributed by atoms with Crippen LogP contribution in [-0.4, -0.2) is 48.7 Å². The minimum Gasteiger partial charge on any atom is -0.497 e. The van der Waals surface area contributed by atoms with Crippen molar-refractivity contribution in [3.8, 4) is 11.5 Å². The maximum Gasteiger partial charge on any atom is 0.268 e. The number of ether oxygens (including phenoxy) is 2. The van der Waals surface area contributed by atoms with Crippen LogP contribution in [0.1, 0.15) is 22.5 Å². The van der Waals surface area contributed by atoms with Crippen molar-refractivity contribution in [2.24, 2.45) is 7.05 Å². The molecule has 3 rings (SSSR count). The Balaban J connectivity index is 1.58. The van der Waals surface area contributed by atoms with E-state index in [-0.39, 0.29) is 11.9 Å². The number of rotatable bonds is 6. The molecule has 134 valence electrons. The van der Waals surface area contributed by atoms with Gasteiger partial charge in [0.05, 0.1) is 14.2 Å². The summed E-state index contributed by atoms with van der Waals surface area (Å²) >= 11 is 0. The molecule has 6 nitrogen and oxygen atoms in total. The Bertz CT molecular complexity index is 719. The molecule has 1 saturated heterocycles. The summed E-state index contributed by atoms with van der Waals surface area (Å²) in [6.45, 7) is 2.61. The van der Waals surface area contributed by atoms with Gasteiger partial charge >= 0.3 is 0 Å². The third kappa shape index (κ3) is 4.14. The van der Waals surface area contributed by atoms with Crippen molar-refractivity contribution in [2.75, 3.05) is 27.3 Å². The number of hydrogen-bond donors (Lipinski definition) is 1. The molecular weight excluding hydrogens is 318 g/mol. The second-order valence-electron chi connectivity index (χ2n) is 6.42. The molecular formula is C19H25N3O3. The normalized spacial score (nSPS) is 17.5. The zero-order valence-corrected chi connectivity index (χ0v) is 15.0. The molecule has 6 heteroatoms. The number of hydrogen-bond acceptors (Lipinski definition) is 4. The summed E-state index contributed by atoms with van der Waals surface area (Å²) in [7, 11) is 5.19. The van der Waals surface area contributed by atoms with Crippen molar-refractivity contribution in [1.82, 2.24) is 14.8 Å². The lowest BCUT2D eigenvalue weighted by molar-refractivity contribution is 0.0929. The number of likely N-dealkylation sites (tertiary alicyclic amines) is 1. The maximum absolute atomic E-state index is 12.3. The van der Waals surface area contributed by atoms with Gasteiger partial charge in [0.25, 0.3) is 5.91 Å². The summed E-state index contributed by atoms with van der Waals surface area (Å²) in [5.41, 5.74) is 1.83. The van der Waals surface area contributed by atoms with Gasteiger partial charge in [0, 0.05) is 45.0 Å². The number of nitrogens with zero attached hydrogens (tertiary/aromatic N) is 2. The molecule has 1 aromatic heterocycles. The number of amides is 1. The SMILES string of the molecule is COc1cc(CN2CC[C@@H](NC(=O)c3cccn3C)C2)cc(OC)c1. The van der Waals surface area contributed by atoms with Crippen molar-refractivity contribution >= 4 is 5.91 Å². The van der Waals surface area contributed by atoms with E-state index in [1.807, 2.05) is 48.1 Å². The van der Waals surface area contributed by atoms with Crippen molar-refractivity contribution in [3.63, 3.8) is 0 Å². The fourth-order valence-corrected chi connectivity index (χ4v) is 3.27. The van der Waals surface area contributed by atoms with Crippen molar-refractivity contribution in [1.29, 1.82) is 0 Å². The summed E-state index contributed by atoms with van der Waals surface area (Å²) in [4.78, 5) is 14.7. The number of carbonyl (C=O) groups is 1. The van der Waals surface area contributed by atoms with Gasteiger partial charge in [0.1, 0.15) is 17.2 Å². The third-order valence-corrected chi connectivity index (χ3v) is 4.60. The highest BCUT2D eigenvalue weighted by Gasteiger charge is 2.25. The van der Waals surface area contributed by atoms with Gasteiger partial charge in [-0.3, -0.25) is 9.69 Å². The largest absolute Gasteiger partial charge is 0.497 e. The van der Waals surface area contributed by atoms with Gasteiger partial charge < -0.3 is 19.4 Å². The molecule has 1 amide bonds. The van der Waals surface area contributed by atoms with E-state index in [1.165, 1.54) is 0 Å². The van der Waals surface area contributed by atoms with Crippen LogP contribution >= 0.6 is 0 Å². The minimum atomic E-state index is -0.0117. The van der Waals surface area contributed by atoms with Crippen molar-refractivity contribution < 1.29 is 14.3 Å². The maximum atomic E-state index is 12.3. The van der Waals surface area contributed by atoms with Gasteiger partial charge in [-0.25, -0.2) is 0 Å². The van der Waals surface area contributed by atoms with Gasteiger partial charge in [0.15, 0.2) is 0 Å². The van der Waals surface area contributed by atoms with E-state index >= 15 is 0 Å². The first-order chi connectivity index (χ1) is 12.1. The van der Waals surface area contributed by atoms with Crippen LogP contribution in [0.5, 0.6) is 11.5 Å². The molecule has 0 radical (unpaired) electrons. The highest BCUT2D eigenvalue weighted by Crippen LogP contribution is 2.24. The summed E-state index contributed by atoms with van der Waals surface area (Å²) in [6.07, 6.45) is 2.84. The fraction of sp³-hybridized carbons (Fsp3) is 0.421. The first-order valence-corrected chi connectivity index (χ1v) is 8.45. The molecule has 1 aliphatic heterocycles. The van der Waals surface area contributed by atoms with E-state index < -0.39 is 0 Å². The van der Waals surface area contributed by atoms with Gasteiger partial charge in [-0.2, -0.15) is 0 Å². The number of benzene rings is 1. The van der Waals surface area contributed by atoms with Gasteiger partial charge in [-0.15, -0.1) is 0 Å². The predicted octanol–water partition coefficient (Wildman–Crippen LogP) is 2.05. The molecule has 1 atom stereocenters. The Labute approximate surface area is 148 Å². The van der Waals surface area contributed by atoms with Crippen LogP contribution < -0.4 is 14.8 Å². The molecule has 1 fully saturated rings.